The number of aromatic nitrogens is 2. The molecule has 2 rings (SSSR count). The van der Waals surface area contributed by atoms with Gasteiger partial charge in [-0.15, -0.1) is 11.8 Å². The monoisotopic (exact) mass is 253 g/mol. The first-order valence-corrected chi connectivity index (χ1v) is 6.17. The Bertz CT molecular complexity index is 496. The molecule has 0 aliphatic carbocycles. The lowest BCUT2D eigenvalue weighted by Gasteiger charge is -2.02. The molecule has 16 heavy (non-hydrogen) atoms. The average molecular weight is 254 g/mol. The summed E-state index contributed by atoms with van der Waals surface area (Å²) in [6, 6.07) is 5.69. The van der Waals surface area contributed by atoms with Crippen LogP contribution in [0.5, 0.6) is 0 Å². The fourth-order valence-corrected chi connectivity index (χ4v) is 2.40. The molecule has 0 radical (unpaired) electrons. The van der Waals surface area contributed by atoms with Crippen LogP contribution in [0.25, 0.3) is 0 Å². The van der Waals surface area contributed by atoms with Gasteiger partial charge in [0.2, 0.25) is 0 Å². The average Bonchev–Trinajstić information content (AvgIpc) is 2.66. The number of rotatable bonds is 3. The third-order valence-corrected chi connectivity index (χ3v) is 3.53. The highest BCUT2D eigenvalue weighted by Gasteiger charge is 2.01. The molecule has 0 saturated carbocycles. The first-order valence-electron chi connectivity index (χ1n) is 4.80. The molecule has 0 unspecified atom stereocenters. The Morgan fingerprint density at radius 2 is 2.31 bits per heavy atom. The molecule has 5 heteroatoms. The van der Waals surface area contributed by atoms with E-state index in [-0.39, 0.29) is 0 Å². The fraction of sp³-hybridized carbons (Fsp3) is 0.182. The van der Waals surface area contributed by atoms with Crippen LogP contribution in [0.2, 0.25) is 5.02 Å². The van der Waals surface area contributed by atoms with Crippen LogP contribution < -0.4 is 5.73 Å². The van der Waals surface area contributed by atoms with Crippen LogP contribution >= 0.6 is 23.4 Å². The molecule has 0 spiro atoms. The maximum Gasteiger partial charge on any atom is 0.0646 e. The Balaban J connectivity index is 2.02. The number of thioether (sulfide) groups is 1. The van der Waals surface area contributed by atoms with Crippen LogP contribution in [0.15, 0.2) is 35.5 Å². The molecule has 0 aliphatic heterocycles. The summed E-state index contributed by atoms with van der Waals surface area (Å²) in [6.45, 7) is 0. The predicted molar refractivity (Wildman–Crippen MR) is 68.6 cm³/mol. The highest BCUT2D eigenvalue weighted by atomic mass is 35.5. The first kappa shape index (κ1) is 11.4. The minimum absolute atomic E-state index is 0.608. The molecule has 0 bridgehead atoms. The minimum Gasteiger partial charge on any atom is -0.398 e. The molecule has 1 heterocycles. The van der Waals surface area contributed by atoms with Crippen LogP contribution in [0.1, 0.15) is 5.56 Å². The Labute approximate surface area is 104 Å². The number of anilines is 1. The highest BCUT2D eigenvalue weighted by Crippen LogP contribution is 2.28. The number of hydrogen-bond acceptors (Lipinski definition) is 3. The summed E-state index contributed by atoms with van der Waals surface area (Å²) in [4.78, 5) is 1.11. The summed E-state index contributed by atoms with van der Waals surface area (Å²) < 4.78 is 1.80. The lowest BCUT2D eigenvalue weighted by molar-refractivity contribution is 0.767. The van der Waals surface area contributed by atoms with Gasteiger partial charge in [0.05, 0.1) is 16.9 Å². The highest BCUT2D eigenvalue weighted by molar-refractivity contribution is 7.98. The molecular formula is C11H12ClN3S. The van der Waals surface area contributed by atoms with Crippen molar-refractivity contribution in [2.24, 2.45) is 7.05 Å². The maximum atomic E-state index is 5.94. The maximum absolute atomic E-state index is 5.94. The molecule has 1 aromatic heterocycles. The molecule has 0 fully saturated rings. The topological polar surface area (TPSA) is 43.8 Å². The van der Waals surface area contributed by atoms with Gasteiger partial charge in [-0.1, -0.05) is 11.6 Å². The second kappa shape index (κ2) is 4.80. The Hall–Kier alpha value is -1.13. The molecule has 2 N–H and O–H groups in total. The van der Waals surface area contributed by atoms with E-state index in [1.807, 2.05) is 37.6 Å². The normalized spacial score (nSPS) is 10.6. The van der Waals surface area contributed by atoms with Gasteiger partial charge in [-0.05, 0) is 18.2 Å². The Kier molecular flexibility index (Phi) is 3.41. The number of nitrogens with two attached hydrogens (primary N) is 1. The number of nitrogens with zero attached hydrogens (tertiary/aromatic N) is 2. The number of nitrogen functional groups attached to an aromatic ring is 1. The first-order chi connectivity index (χ1) is 7.65. The standard InChI is InChI=1S/C11H12ClN3S/c1-15-6-8(5-14-15)7-16-9-2-3-11(13)10(12)4-9/h2-6H,7,13H2,1H3. The van der Waals surface area contributed by atoms with Gasteiger partial charge in [0.1, 0.15) is 0 Å². The van der Waals surface area contributed by atoms with E-state index < -0.39 is 0 Å². The third-order valence-electron chi connectivity index (χ3n) is 2.14. The second-order valence-corrected chi connectivity index (χ2v) is 4.95. The smallest absolute Gasteiger partial charge is 0.0646 e. The summed E-state index contributed by atoms with van der Waals surface area (Å²) in [6.07, 6.45) is 3.87. The van der Waals surface area contributed by atoms with Crippen molar-refractivity contribution < 1.29 is 0 Å². The molecule has 0 atom stereocenters. The van der Waals surface area contributed by atoms with Gasteiger partial charge in [-0.3, -0.25) is 4.68 Å². The van der Waals surface area contributed by atoms with Gasteiger partial charge in [-0.2, -0.15) is 5.10 Å². The quantitative estimate of drug-likeness (QED) is 0.676. The van der Waals surface area contributed by atoms with Crippen LogP contribution in [0.4, 0.5) is 5.69 Å². The van der Waals surface area contributed by atoms with Crippen molar-refractivity contribution in [2.45, 2.75) is 10.6 Å². The van der Waals surface area contributed by atoms with E-state index in [1.54, 1.807) is 16.4 Å². The van der Waals surface area contributed by atoms with E-state index in [1.165, 1.54) is 5.56 Å². The molecule has 84 valence electrons. The van der Waals surface area contributed by atoms with Gasteiger partial charge < -0.3 is 5.73 Å². The SMILES string of the molecule is Cn1cc(CSc2ccc(N)c(Cl)c2)cn1. The fourth-order valence-electron chi connectivity index (χ4n) is 1.31. The van der Waals surface area contributed by atoms with Crippen molar-refractivity contribution in [2.75, 3.05) is 5.73 Å². The van der Waals surface area contributed by atoms with Gasteiger partial charge >= 0.3 is 0 Å². The second-order valence-electron chi connectivity index (χ2n) is 3.49. The van der Waals surface area contributed by atoms with Crippen molar-refractivity contribution in [3.05, 3.63) is 41.2 Å². The van der Waals surface area contributed by atoms with Crippen molar-refractivity contribution >= 4 is 29.1 Å². The number of halogens is 1. The van der Waals surface area contributed by atoms with E-state index in [4.69, 9.17) is 17.3 Å². The largest absolute Gasteiger partial charge is 0.398 e. The van der Waals surface area contributed by atoms with Crippen LogP contribution in [0, 0.1) is 0 Å². The minimum atomic E-state index is 0.608. The summed E-state index contributed by atoms with van der Waals surface area (Å²) in [5, 5.41) is 4.73. The van der Waals surface area contributed by atoms with E-state index in [2.05, 4.69) is 5.10 Å². The summed E-state index contributed by atoms with van der Waals surface area (Å²) in [5.74, 6) is 0.883. The zero-order chi connectivity index (χ0) is 11.5. The van der Waals surface area contributed by atoms with Crippen molar-refractivity contribution in [1.82, 2.24) is 9.78 Å². The lowest BCUT2D eigenvalue weighted by atomic mass is 10.3. The van der Waals surface area contributed by atoms with Crippen LogP contribution in [0.3, 0.4) is 0 Å². The zero-order valence-electron chi connectivity index (χ0n) is 8.85. The summed E-state index contributed by atoms with van der Waals surface area (Å²) in [5.41, 5.74) is 7.46. The van der Waals surface area contributed by atoms with Crippen molar-refractivity contribution in [1.29, 1.82) is 0 Å². The number of hydrogen-bond donors (Lipinski definition) is 1. The molecule has 0 aliphatic rings. The molecule has 0 amide bonds. The lowest BCUT2D eigenvalue weighted by Crippen LogP contribution is -1.86. The molecule has 2 aromatic rings. The van der Waals surface area contributed by atoms with Gasteiger partial charge in [0.15, 0.2) is 0 Å². The van der Waals surface area contributed by atoms with E-state index in [0.29, 0.717) is 10.7 Å². The van der Waals surface area contributed by atoms with Crippen LogP contribution in [-0.2, 0) is 12.8 Å². The summed E-state index contributed by atoms with van der Waals surface area (Å²) >= 11 is 7.66. The molecule has 0 saturated heterocycles. The van der Waals surface area contributed by atoms with Crippen LogP contribution in [-0.4, -0.2) is 9.78 Å². The van der Waals surface area contributed by atoms with Crippen molar-refractivity contribution in [3.63, 3.8) is 0 Å². The molecule has 3 nitrogen and oxygen atoms in total. The van der Waals surface area contributed by atoms with E-state index in [9.17, 15) is 0 Å². The van der Waals surface area contributed by atoms with Gasteiger partial charge in [0, 0.05) is 29.5 Å². The van der Waals surface area contributed by atoms with E-state index >= 15 is 0 Å². The number of benzene rings is 1. The Morgan fingerprint density at radius 1 is 1.50 bits per heavy atom. The van der Waals surface area contributed by atoms with Gasteiger partial charge in [-0.25, -0.2) is 0 Å². The van der Waals surface area contributed by atoms with Crippen molar-refractivity contribution in [3.8, 4) is 0 Å². The molecule has 1 aromatic carbocycles. The summed E-state index contributed by atoms with van der Waals surface area (Å²) in [7, 11) is 1.91. The predicted octanol–water partition coefficient (Wildman–Crippen LogP) is 2.95. The van der Waals surface area contributed by atoms with Gasteiger partial charge in [0.25, 0.3) is 0 Å². The van der Waals surface area contributed by atoms with E-state index in [0.717, 1.165) is 10.6 Å². The molecular weight excluding hydrogens is 242 g/mol. The zero-order valence-corrected chi connectivity index (χ0v) is 10.4. The number of aryl methyl sites for hydroxylation is 1. The third kappa shape index (κ3) is 2.71. The Morgan fingerprint density at radius 3 is 2.94 bits per heavy atom.